The SMILES string of the molecule is CN1C(=O)C2(C)C=C(c3ccc4ccccc4c3)OC(c3ccccc3)=C2c2ccccc21. The Labute approximate surface area is 193 Å². The van der Waals surface area contributed by atoms with Crippen molar-refractivity contribution in [2.24, 2.45) is 5.41 Å². The summed E-state index contributed by atoms with van der Waals surface area (Å²) >= 11 is 0. The van der Waals surface area contributed by atoms with Crippen molar-refractivity contribution in [3.05, 3.63) is 120 Å². The summed E-state index contributed by atoms with van der Waals surface area (Å²) in [5.74, 6) is 1.47. The molecule has 1 unspecified atom stereocenters. The Morgan fingerprint density at radius 3 is 2.27 bits per heavy atom. The third-order valence-electron chi connectivity index (χ3n) is 6.73. The molecule has 2 heterocycles. The molecule has 1 atom stereocenters. The quantitative estimate of drug-likeness (QED) is 0.352. The van der Waals surface area contributed by atoms with Crippen LogP contribution in [0.15, 0.2) is 103 Å². The molecule has 3 nitrogen and oxygen atoms in total. The van der Waals surface area contributed by atoms with Crippen molar-refractivity contribution < 1.29 is 9.53 Å². The zero-order valence-electron chi connectivity index (χ0n) is 18.6. The number of carbonyl (C=O) groups is 1. The number of fused-ring (bicyclic) bond motifs is 4. The van der Waals surface area contributed by atoms with Gasteiger partial charge in [0.05, 0.1) is 11.1 Å². The molecule has 0 bridgehead atoms. The standard InChI is InChI=1S/C30H23NO2/c1-30-19-26(23-17-16-20-10-6-7-13-22(20)18-23)33-28(21-11-4-3-5-12-21)27(30)24-14-8-9-15-25(24)31(2)29(30)32/h3-19H,1-2H3. The van der Waals surface area contributed by atoms with Gasteiger partial charge in [0, 0.05) is 29.3 Å². The molecule has 6 rings (SSSR count). The highest BCUT2D eigenvalue weighted by molar-refractivity contribution is 6.18. The monoisotopic (exact) mass is 429 g/mol. The molecule has 1 amide bonds. The third kappa shape index (κ3) is 2.93. The number of anilines is 1. The Morgan fingerprint density at radius 2 is 1.45 bits per heavy atom. The number of para-hydroxylation sites is 1. The number of hydrogen-bond acceptors (Lipinski definition) is 2. The van der Waals surface area contributed by atoms with Gasteiger partial charge in [-0.1, -0.05) is 84.9 Å². The molecular weight excluding hydrogens is 406 g/mol. The van der Waals surface area contributed by atoms with Gasteiger partial charge < -0.3 is 9.64 Å². The molecule has 2 aliphatic rings. The predicted octanol–water partition coefficient (Wildman–Crippen LogP) is 6.76. The van der Waals surface area contributed by atoms with Crippen molar-refractivity contribution in [3.63, 3.8) is 0 Å². The van der Waals surface area contributed by atoms with Gasteiger partial charge in [0.2, 0.25) is 5.91 Å². The summed E-state index contributed by atoms with van der Waals surface area (Å²) in [5.41, 5.74) is 3.89. The van der Waals surface area contributed by atoms with Gasteiger partial charge in [-0.3, -0.25) is 4.79 Å². The fourth-order valence-corrected chi connectivity index (χ4v) is 5.04. The maximum absolute atomic E-state index is 13.8. The van der Waals surface area contributed by atoms with Crippen molar-refractivity contribution in [1.82, 2.24) is 0 Å². The Kier molecular flexibility index (Phi) is 4.27. The van der Waals surface area contributed by atoms with Crippen molar-refractivity contribution in [1.29, 1.82) is 0 Å². The average molecular weight is 430 g/mol. The van der Waals surface area contributed by atoms with Crippen LogP contribution in [0, 0.1) is 5.41 Å². The van der Waals surface area contributed by atoms with Crippen LogP contribution >= 0.6 is 0 Å². The summed E-state index contributed by atoms with van der Waals surface area (Å²) in [4.78, 5) is 15.6. The van der Waals surface area contributed by atoms with Gasteiger partial charge in [0.15, 0.2) is 0 Å². The van der Waals surface area contributed by atoms with Crippen LogP contribution in [-0.2, 0) is 9.53 Å². The molecule has 0 fully saturated rings. The van der Waals surface area contributed by atoms with Crippen LogP contribution in [-0.4, -0.2) is 13.0 Å². The molecule has 0 radical (unpaired) electrons. The first kappa shape index (κ1) is 19.6. The minimum atomic E-state index is -0.854. The number of ether oxygens (including phenoxy) is 1. The van der Waals surface area contributed by atoms with Gasteiger partial charge in [-0.15, -0.1) is 0 Å². The minimum Gasteiger partial charge on any atom is -0.456 e. The van der Waals surface area contributed by atoms with E-state index >= 15 is 0 Å². The predicted molar refractivity (Wildman–Crippen MR) is 134 cm³/mol. The summed E-state index contributed by atoms with van der Waals surface area (Å²) in [5, 5.41) is 2.31. The molecule has 0 saturated heterocycles. The van der Waals surface area contributed by atoms with E-state index in [-0.39, 0.29) is 5.91 Å². The maximum atomic E-state index is 13.8. The molecule has 4 aromatic rings. The molecule has 4 aromatic carbocycles. The number of hydrogen-bond donors (Lipinski definition) is 0. The van der Waals surface area contributed by atoms with Gasteiger partial charge in [-0.05, 0) is 35.9 Å². The molecule has 0 aliphatic carbocycles. The minimum absolute atomic E-state index is 0.0335. The van der Waals surface area contributed by atoms with Gasteiger partial charge in [0.1, 0.15) is 11.5 Å². The van der Waals surface area contributed by atoms with Crippen molar-refractivity contribution >= 4 is 39.5 Å². The summed E-state index contributed by atoms with van der Waals surface area (Å²) in [6.45, 7) is 2.00. The van der Waals surface area contributed by atoms with E-state index in [0.717, 1.165) is 39.1 Å². The number of benzene rings is 4. The van der Waals surface area contributed by atoms with E-state index < -0.39 is 5.41 Å². The summed E-state index contributed by atoms with van der Waals surface area (Å²) in [6.07, 6.45) is 1.99. The van der Waals surface area contributed by atoms with E-state index in [2.05, 4.69) is 36.4 Å². The Morgan fingerprint density at radius 1 is 0.758 bits per heavy atom. The van der Waals surface area contributed by atoms with Gasteiger partial charge in [-0.2, -0.15) is 0 Å². The van der Waals surface area contributed by atoms with Crippen LogP contribution < -0.4 is 4.90 Å². The van der Waals surface area contributed by atoms with Crippen LogP contribution in [0.3, 0.4) is 0 Å². The summed E-state index contributed by atoms with van der Waals surface area (Å²) < 4.78 is 6.65. The zero-order chi connectivity index (χ0) is 22.6. The van der Waals surface area contributed by atoms with E-state index in [1.807, 2.05) is 80.7 Å². The lowest BCUT2D eigenvalue weighted by molar-refractivity contribution is -0.122. The highest BCUT2D eigenvalue weighted by Crippen LogP contribution is 2.54. The first-order valence-corrected chi connectivity index (χ1v) is 11.1. The van der Waals surface area contributed by atoms with Crippen LogP contribution in [0.25, 0.3) is 27.9 Å². The van der Waals surface area contributed by atoms with E-state index in [1.165, 1.54) is 5.39 Å². The van der Waals surface area contributed by atoms with Crippen LogP contribution in [0.4, 0.5) is 5.69 Å². The number of carbonyl (C=O) groups excluding carboxylic acids is 1. The highest BCUT2D eigenvalue weighted by atomic mass is 16.5. The first-order chi connectivity index (χ1) is 16.1. The largest absolute Gasteiger partial charge is 0.456 e. The van der Waals surface area contributed by atoms with E-state index in [0.29, 0.717) is 5.76 Å². The fourth-order valence-electron chi connectivity index (χ4n) is 5.04. The number of rotatable bonds is 2. The van der Waals surface area contributed by atoms with Gasteiger partial charge in [-0.25, -0.2) is 0 Å². The van der Waals surface area contributed by atoms with Gasteiger partial charge in [0.25, 0.3) is 0 Å². The second-order valence-electron chi connectivity index (χ2n) is 8.83. The molecule has 0 saturated carbocycles. The molecule has 0 spiro atoms. The molecule has 33 heavy (non-hydrogen) atoms. The van der Waals surface area contributed by atoms with Crippen molar-refractivity contribution in [3.8, 4) is 0 Å². The molecule has 0 N–H and O–H groups in total. The lowest BCUT2D eigenvalue weighted by Gasteiger charge is -2.42. The van der Waals surface area contributed by atoms with Crippen LogP contribution in [0.5, 0.6) is 0 Å². The van der Waals surface area contributed by atoms with Crippen LogP contribution in [0.2, 0.25) is 0 Å². The molecule has 160 valence electrons. The van der Waals surface area contributed by atoms with E-state index in [4.69, 9.17) is 4.74 Å². The summed E-state index contributed by atoms with van der Waals surface area (Å²) in [6, 6.07) is 32.7. The normalized spacial score (nSPS) is 19.6. The second-order valence-corrected chi connectivity index (χ2v) is 8.83. The molecule has 0 aromatic heterocycles. The average Bonchev–Trinajstić information content (AvgIpc) is 2.87. The van der Waals surface area contributed by atoms with Gasteiger partial charge >= 0.3 is 0 Å². The third-order valence-corrected chi connectivity index (χ3v) is 6.73. The molecular formula is C30H23NO2. The van der Waals surface area contributed by atoms with Crippen molar-refractivity contribution in [2.75, 3.05) is 11.9 Å². The van der Waals surface area contributed by atoms with E-state index in [9.17, 15) is 4.79 Å². The first-order valence-electron chi connectivity index (χ1n) is 11.1. The maximum Gasteiger partial charge on any atom is 0.241 e. The Bertz CT molecular complexity index is 1480. The van der Waals surface area contributed by atoms with Crippen LogP contribution in [0.1, 0.15) is 23.6 Å². The highest BCUT2D eigenvalue weighted by Gasteiger charge is 2.48. The fraction of sp³-hybridized carbons (Fsp3) is 0.100. The second kappa shape index (κ2) is 7.21. The molecule has 2 aliphatic heterocycles. The lowest BCUT2D eigenvalue weighted by atomic mass is 9.71. The van der Waals surface area contributed by atoms with Crippen molar-refractivity contribution in [2.45, 2.75) is 6.92 Å². The Hall–Kier alpha value is -4.11. The smallest absolute Gasteiger partial charge is 0.241 e. The topological polar surface area (TPSA) is 29.5 Å². The number of nitrogens with zero attached hydrogens (tertiary/aromatic N) is 1. The number of amides is 1. The zero-order valence-corrected chi connectivity index (χ0v) is 18.6. The molecule has 3 heteroatoms. The lowest BCUT2D eigenvalue weighted by Crippen LogP contribution is -2.45. The summed E-state index contributed by atoms with van der Waals surface area (Å²) in [7, 11) is 1.85. The Balaban J connectivity index is 1.62. The van der Waals surface area contributed by atoms with E-state index in [1.54, 1.807) is 4.90 Å².